The summed E-state index contributed by atoms with van der Waals surface area (Å²) in [5.41, 5.74) is 2.96. The quantitative estimate of drug-likeness (QED) is 0.597. The topological polar surface area (TPSA) is 38.3 Å². The van der Waals surface area contributed by atoms with Crippen molar-refractivity contribution in [3.8, 4) is 11.1 Å². The third-order valence-electron chi connectivity index (χ3n) is 5.31. The molecule has 0 spiro atoms. The largest absolute Gasteiger partial charge is 0.381 e. The minimum absolute atomic E-state index is 0.0239. The number of nitrogens with one attached hydrogen (secondary N) is 1. The fourth-order valence-corrected chi connectivity index (χ4v) is 4.89. The Morgan fingerprint density at radius 1 is 0.828 bits per heavy atom. The molecule has 0 saturated carbocycles. The fourth-order valence-electron chi connectivity index (χ4n) is 3.58. The number of rotatable bonds is 6. The van der Waals surface area contributed by atoms with E-state index in [4.69, 9.17) is 4.74 Å². The van der Waals surface area contributed by atoms with Crippen LogP contribution < -0.4 is 5.32 Å². The van der Waals surface area contributed by atoms with Crippen molar-refractivity contribution in [1.82, 2.24) is 5.32 Å². The van der Waals surface area contributed by atoms with Crippen LogP contribution in [-0.2, 0) is 4.74 Å². The van der Waals surface area contributed by atoms with Crippen molar-refractivity contribution in [2.24, 2.45) is 0 Å². The monoisotopic (exact) mass is 403 g/mol. The first kappa shape index (κ1) is 19.7. The second-order valence-corrected chi connectivity index (χ2v) is 8.88. The maximum atomic E-state index is 12.8. The average Bonchev–Trinajstić information content (AvgIpc) is 2.79. The maximum Gasteiger partial charge on any atom is 0.251 e. The van der Waals surface area contributed by atoms with Gasteiger partial charge in [0, 0.05) is 35.0 Å². The number of hydrogen-bond donors (Lipinski definition) is 1. The molecule has 1 aliphatic rings. The first-order valence-electron chi connectivity index (χ1n) is 10.00. The first-order valence-corrected chi connectivity index (χ1v) is 10.8. The molecule has 0 aromatic heterocycles. The number of hydrogen-bond acceptors (Lipinski definition) is 3. The number of thioether (sulfide) groups is 1. The molecule has 1 fully saturated rings. The predicted molar refractivity (Wildman–Crippen MR) is 119 cm³/mol. The fraction of sp³-hybridized carbons (Fsp3) is 0.240. The highest BCUT2D eigenvalue weighted by Crippen LogP contribution is 2.40. The minimum Gasteiger partial charge on any atom is -0.381 e. The predicted octanol–water partition coefficient (Wildman–Crippen LogP) is 5.42. The van der Waals surface area contributed by atoms with E-state index < -0.39 is 0 Å². The molecule has 148 valence electrons. The number of benzene rings is 3. The van der Waals surface area contributed by atoms with Gasteiger partial charge in [0.1, 0.15) is 0 Å². The molecule has 0 unspecified atom stereocenters. The summed E-state index contributed by atoms with van der Waals surface area (Å²) >= 11 is 1.85. The summed E-state index contributed by atoms with van der Waals surface area (Å²) in [6.07, 6.45) is 1.86. The lowest BCUT2D eigenvalue weighted by molar-refractivity contribution is 0.0741. The van der Waals surface area contributed by atoms with Crippen LogP contribution in [0.25, 0.3) is 11.1 Å². The van der Waals surface area contributed by atoms with Gasteiger partial charge in [-0.25, -0.2) is 0 Å². The molecular weight excluding hydrogens is 378 g/mol. The SMILES string of the molecule is O=C(NCC1(Sc2ccccc2)CCOCC1)c1ccc(-c2ccccc2)cc1. The van der Waals surface area contributed by atoms with Gasteiger partial charge in [-0.3, -0.25) is 4.79 Å². The Bertz CT molecular complexity index is 920. The smallest absolute Gasteiger partial charge is 0.251 e. The summed E-state index contributed by atoms with van der Waals surface area (Å²) in [4.78, 5) is 14.0. The Balaban J connectivity index is 1.42. The second kappa shape index (κ2) is 9.29. The molecule has 0 atom stereocenters. The lowest BCUT2D eigenvalue weighted by Gasteiger charge is -2.36. The number of amides is 1. The van der Waals surface area contributed by atoms with E-state index in [0.29, 0.717) is 12.1 Å². The third-order valence-corrected chi connectivity index (χ3v) is 6.80. The molecule has 4 heteroatoms. The lowest BCUT2D eigenvalue weighted by Crippen LogP contribution is -2.44. The number of carbonyl (C=O) groups excluding carboxylic acids is 1. The minimum atomic E-state index is -0.0285. The zero-order valence-electron chi connectivity index (χ0n) is 16.3. The van der Waals surface area contributed by atoms with Gasteiger partial charge in [-0.05, 0) is 48.2 Å². The Kier molecular flexibility index (Phi) is 6.33. The maximum absolute atomic E-state index is 12.8. The summed E-state index contributed by atoms with van der Waals surface area (Å²) in [6.45, 7) is 2.11. The van der Waals surface area contributed by atoms with Crippen molar-refractivity contribution in [2.75, 3.05) is 19.8 Å². The molecule has 1 saturated heterocycles. The molecule has 1 N–H and O–H groups in total. The zero-order chi connectivity index (χ0) is 19.9. The van der Waals surface area contributed by atoms with E-state index in [2.05, 4.69) is 41.7 Å². The van der Waals surface area contributed by atoms with Crippen molar-refractivity contribution in [3.05, 3.63) is 90.5 Å². The molecule has 1 heterocycles. The third kappa shape index (κ3) is 5.08. The first-order chi connectivity index (χ1) is 14.2. The van der Waals surface area contributed by atoms with Gasteiger partial charge >= 0.3 is 0 Å². The Morgan fingerprint density at radius 3 is 2.07 bits per heavy atom. The van der Waals surface area contributed by atoms with Crippen LogP contribution in [0.15, 0.2) is 89.8 Å². The summed E-state index contributed by atoms with van der Waals surface area (Å²) in [6, 6.07) is 28.4. The molecule has 0 radical (unpaired) electrons. The Hall–Kier alpha value is -2.56. The Labute approximate surface area is 176 Å². The van der Waals surface area contributed by atoms with E-state index in [-0.39, 0.29) is 10.7 Å². The molecule has 1 amide bonds. The van der Waals surface area contributed by atoms with E-state index >= 15 is 0 Å². The van der Waals surface area contributed by atoms with Crippen molar-refractivity contribution in [2.45, 2.75) is 22.5 Å². The van der Waals surface area contributed by atoms with E-state index in [1.165, 1.54) is 4.90 Å². The standard InChI is InChI=1S/C25H25NO2S/c27-24(22-13-11-21(12-14-22)20-7-3-1-4-8-20)26-19-25(15-17-28-18-16-25)29-23-9-5-2-6-10-23/h1-14H,15-19H2,(H,26,27). The molecule has 1 aliphatic heterocycles. The molecule has 3 aromatic rings. The van der Waals surface area contributed by atoms with Crippen LogP contribution >= 0.6 is 11.8 Å². The van der Waals surface area contributed by atoms with Crippen molar-refractivity contribution >= 4 is 17.7 Å². The molecule has 3 aromatic carbocycles. The lowest BCUT2D eigenvalue weighted by atomic mass is 9.98. The molecule has 0 bridgehead atoms. The Morgan fingerprint density at radius 2 is 1.41 bits per heavy atom. The van der Waals surface area contributed by atoms with Gasteiger partial charge in [0.05, 0.1) is 0 Å². The van der Waals surface area contributed by atoms with Gasteiger partial charge in [0.15, 0.2) is 0 Å². The molecule has 3 nitrogen and oxygen atoms in total. The molecular formula is C25H25NO2S. The van der Waals surface area contributed by atoms with Crippen LogP contribution in [0.5, 0.6) is 0 Å². The van der Waals surface area contributed by atoms with Gasteiger partial charge in [-0.2, -0.15) is 0 Å². The van der Waals surface area contributed by atoms with E-state index in [9.17, 15) is 4.79 Å². The number of carbonyl (C=O) groups is 1. The normalized spacial score (nSPS) is 15.6. The van der Waals surface area contributed by atoms with Crippen LogP contribution in [-0.4, -0.2) is 30.4 Å². The second-order valence-electron chi connectivity index (χ2n) is 7.34. The van der Waals surface area contributed by atoms with Gasteiger partial charge in [-0.15, -0.1) is 11.8 Å². The van der Waals surface area contributed by atoms with Crippen LogP contribution in [0.1, 0.15) is 23.2 Å². The highest BCUT2D eigenvalue weighted by atomic mass is 32.2. The summed E-state index contributed by atoms with van der Waals surface area (Å²) in [5, 5.41) is 3.17. The summed E-state index contributed by atoms with van der Waals surface area (Å²) in [7, 11) is 0. The van der Waals surface area contributed by atoms with Crippen molar-refractivity contribution < 1.29 is 9.53 Å². The van der Waals surface area contributed by atoms with E-state index in [1.54, 1.807) is 0 Å². The van der Waals surface area contributed by atoms with Crippen molar-refractivity contribution in [1.29, 1.82) is 0 Å². The van der Waals surface area contributed by atoms with Gasteiger partial charge in [-0.1, -0.05) is 60.7 Å². The van der Waals surface area contributed by atoms with Crippen LogP contribution in [0.2, 0.25) is 0 Å². The van der Waals surface area contributed by atoms with Crippen LogP contribution in [0, 0.1) is 0 Å². The van der Waals surface area contributed by atoms with Crippen LogP contribution in [0.4, 0.5) is 0 Å². The van der Waals surface area contributed by atoms with Gasteiger partial charge in [0.25, 0.3) is 5.91 Å². The van der Waals surface area contributed by atoms with Crippen molar-refractivity contribution in [3.63, 3.8) is 0 Å². The molecule has 4 rings (SSSR count). The summed E-state index contributed by atoms with van der Waals surface area (Å²) in [5.74, 6) is -0.0239. The number of ether oxygens (including phenoxy) is 1. The van der Waals surface area contributed by atoms with Crippen LogP contribution in [0.3, 0.4) is 0 Å². The molecule has 0 aliphatic carbocycles. The molecule has 29 heavy (non-hydrogen) atoms. The highest BCUT2D eigenvalue weighted by Gasteiger charge is 2.34. The van der Waals surface area contributed by atoms with Gasteiger partial charge < -0.3 is 10.1 Å². The summed E-state index contributed by atoms with van der Waals surface area (Å²) < 4.78 is 5.55. The van der Waals surface area contributed by atoms with E-state index in [0.717, 1.165) is 37.2 Å². The average molecular weight is 404 g/mol. The zero-order valence-corrected chi connectivity index (χ0v) is 17.2. The van der Waals surface area contributed by atoms with Gasteiger partial charge in [0.2, 0.25) is 0 Å². The van der Waals surface area contributed by atoms with E-state index in [1.807, 2.05) is 60.3 Å². The highest BCUT2D eigenvalue weighted by molar-refractivity contribution is 8.00.